The van der Waals surface area contributed by atoms with E-state index in [-0.39, 0.29) is 0 Å². The summed E-state index contributed by atoms with van der Waals surface area (Å²) in [5, 5.41) is 0. The fourth-order valence-electron chi connectivity index (χ4n) is 1.83. The van der Waals surface area contributed by atoms with Gasteiger partial charge in [-0.3, -0.25) is 0 Å². The Hall–Kier alpha value is -1.87. The summed E-state index contributed by atoms with van der Waals surface area (Å²) < 4.78 is 0. The molecule has 0 aliphatic carbocycles. The van der Waals surface area contributed by atoms with E-state index in [1.807, 2.05) is 12.1 Å². The molecule has 0 saturated heterocycles. The molecule has 1 atom stereocenters. The molecule has 0 unspecified atom stereocenters. The van der Waals surface area contributed by atoms with E-state index in [4.69, 9.17) is 5.73 Å². The van der Waals surface area contributed by atoms with E-state index in [1.165, 1.54) is 5.56 Å². The molecule has 0 bridgehead atoms. The lowest BCUT2D eigenvalue weighted by molar-refractivity contribution is 0.321. The van der Waals surface area contributed by atoms with Gasteiger partial charge in [0.15, 0.2) is 0 Å². The van der Waals surface area contributed by atoms with Crippen LogP contribution in [0.4, 0.5) is 5.82 Å². The minimum absolute atomic E-state index is 0.420. The zero-order valence-corrected chi connectivity index (χ0v) is 11.1. The second-order valence-electron chi connectivity index (χ2n) is 4.73. The summed E-state index contributed by atoms with van der Waals surface area (Å²) in [5.41, 5.74) is 9.15. The van der Waals surface area contributed by atoms with Crippen LogP contribution in [0.2, 0.25) is 0 Å². The lowest BCUT2D eigenvalue weighted by atomic mass is 10.0. The van der Waals surface area contributed by atoms with E-state index in [0.717, 1.165) is 11.1 Å². The Morgan fingerprint density at radius 2 is 1.61 bits per heavy atom. The molecule has 0 amide bonds. The third-order valence-electron chi connectivity index (χ3n) is 3.29. The molecule has 1 aromatic carbocycles. The smallest absolute Gasteiger partial charge is 0.123 e. The summed E-state index contributed by atoms with van der Waals surface area (Å²) in [4.78, 5) is 6.31. The summed E-state index contributed by atoms with van der Waals surface area (Å²) in [7, 11) is 4.17. The summed E-state index contributed by atoms with van der Waals surface area (Å²) >= 11 is 0. The molecule has 2 rings (SSSR count). The highest BCUT2D eigenvalue weighted by molar-refractivity contribution is 5.63. The standard InChI is InChI=1S/C15H19N3/c1-11(18(2)3)12-4-6-13(7-5-12)14-8-9-15(16)17-10-14/h4-11H,1-3H3,(H2,16,17)/t11-/m1/s1. The Balaban J connectivity index is 2.24. The molecule has 0 radical (unpaired) electrons. The van der Waals surface area contributed by atoms with Gasteiger partial charge in [-0.25, -0.2) is 4.98 Å². The number of benzene rings is 1. The number of nitrogens with two attached hydrogens (primary N) is 1. The molecule has 3 heteroatoms. The van der Waals surface area contributed by atoms with Gasteiger partial charge in [0, 0.05) is 17.8 Å². The lowest BCUT2D eigenvalue weighted by Gasteiger charge is -2.20. The van der Waals surface area contributed by atoms with Crippen molar-refractivity contribution >= 4 is 5.82 Å². The van der Waals surface area contributed by atoms with E-state index in [9.17, 15) is 0 Å². The Kier molecular flexibility index (Phi) is 3.63. The van der Waals surface area contributed by atoms with E-state index in [1.54, 1.807) is 6.20 Å². The summed E-state index contributed by atoms with van der Waals surface area (Å²) in [5.74, 6) is 0.552. The molecule has 0 saturated carbocycles. The highest BCUT2D eigenvalue weighted by Crippen LogP contribution is 2.23. The maximum Gasteiger partial charge on any atom is 0.123 e. The number of rotatable bonds is 3. The zero-order chi connectivity index (χ0) is 13.1. The quantitative estimate of drug-likeness (QED) is 0.898. The van der Waals surface area contributed by atoms with Crippen molar-refractivity contribution in [3.8, 4) is 11.1 Å². The van der Waals surface area contributed by atoms with Crippen molar-refractivity contribution in [1.29, 1.82) is 0 Å². The molecular formula is C15H19N3. The van der Waals surface area contributed by atoms with Crippen molar-refractivity contribution in [3.63, 3.8) is 0 Å². The first kappa shape index (κ1) is 12.6. The fraction of sp³-hybridized carbons (Fsp3) is 0.267. The van der Waals surface area contributed by atoms with E-state index < -0.39 is 0 Å². The normalized spacial score (nSPS) is 12.7. The van der Waals surface area contributed by atoms with Gasteiger partial charge in [0.05, 0.1) is 0 Å². The monoisotopic (exact) mass is 241 g/mol. The first-order valence-corrected chi connectivity index (χ1v) is 6.06. The van der Waals surface area contributed by atoms with Crippen molar-refractivity contribution in [2.75, 3.05) is 19.8 Å². The SMILES string of the molecule is C[C@H](c1ccc(-c2ccc(N)nc2)cc1)N(C)C. The van der Waals surface area contributed by atoms with Gasteiger partial charge in [0.1, 0.15) is 5.82 Å². The highest BCUT2D eigenvalue weighted by Gasteiger charge is 2.07. The van der Waals surface area contributed by atoms with Crippen LogP contribution >= 0.6 is 0 Å². The zero-order valence-electron chi connectivity index (χ0n) is 11.1. The molecule has 94 valence electrons. The second-order valence-corrected chi connectivity index (χ2v) is 4.73. The fourth-order valence-corrected chi connectivity index (χ4v) is 1.83. The first-order chi connectivity index (χ1) is 8.58. The van der Waals surface area contributed by atoms with Crippen molar-refractivity contribution in [1.82, 2.24) is 9.88 Å². The van der Waals surface area contributed by atoms with E-state index >= 15 is 0 Å². The van der Waals surface area contributed by atoms with Crippen LogP contribution in [0.15, 0.2) is 42.6 Å². The molecule has 0 fully saturated rings. The first-order valence-electron chi connectivity index (χ1n) is 6.06. The average molecular weight is 241 g/mol. The molecule has 3 nitrogen and oxygen atoms in total. The number of nitrogens with zero attached hydrogens (tertiary/aromatic N) is 2. The molecule has 2 N–H and O–H groups in total. The third-order valence-corrected chi connectivity index (χ3v) is 3.29. The molecule has 0 spiro atoms. The second kappa shape index (κ2) is 5.19. The molecule has 18 heavy (non-hydrogen) atoms. The molecule has 1 heterocycles. The van der Waals surface area contributed by atoms with Gasteiger partial charge in [0.2, 0.25) is 0 Å². The van der Waals surface area contributed by atoms with Gasteiger partial charge in [0.25, 0.3) is 0 Å². The van der Waals surface area contributed by atoms with Crippen molar-refractivity contribution < 1.29 is 0 Å². The van der Waals surface area contributed by atoms with E-state index in [0.29, 0.717) is 11.9 Å². The Morgan fingerprint density at radius 3 is 2.11 bits per heavy atom. The van der Waals surface area contributed by atoms with Crippen molar-refractivity contribution in [2.24, 2.45) is 0 Å². The van der Waals surface area contributed by atoms with E-state index in [2.05, 4.69) is 55.2 Å². The lowest BCUT2D eigenvalue weighted by Crippen LogP contribution is -2.16. The maximum absolute atomic E-state index is 5.59. The minimum atomic E-state index is 0.420. The number of nitrogen functional groups attached to an aromatic ring is 1. The van der Waals surface area contributed by atoms with Crippen LogP contribution in [0.5, 0.6) is 0 Å². The van der Waals surface area contributed by atoms with Crippen molar-refractivity contribution in [2.45, 2.75) is 13.0 Å². The van der Waals surface area contributed by atoms with Gasteiger partial charge in [-0.05, 0) is 44.3 Å². The third kappa shape index (κ3) is 2.68. The number of anilines is 1. The molecule has 0 aliphatic heterocycles. The van der Waals surface area contributed by atoms with Crippen LogP contribution in [0, 0.1) is 0 Å². The largest absolute Gasteiger partial charge is 0.384 e. The molecular weight excluding hydrogens is 222 g/mol. The molecule has 0 aliphatic rings. The van der Waals surface area contributed by atoms with Crippen LogP contribution in [0.25, 0.3) is 11.1 Å². The topological polar surface area (TPSA) is 42.1 Å². The van der Waals surface area contributed by atoms with Gasteiger partial charge < -0.3 is 10.6 Å². The number of hydrogen-bond acceptors (Lipinski definition) is 3. The Labute approximate surface area is 108 Å². The van der Waals surface area contributed by atoms with Gasteiger partial charge in [-0.1, -0.05) is 24.3 Å². The van der Waals surface area contributed by atoms with Crippen LogP contribution in [-0.2, 0) is 0 Å². The minimum Gasteiger partial charge on any atom is -0.384 e. The summed E-state index contributed by atoms with van der Waals surface area (Å²) in [6.07, 6.45) is 1.81. The summed E-state index contributed by atoms with van der Waals surface area (Å²) in [6.45, 7) is 2.19. The number of aromatic nitrogens is 1. The Morgan fingerprint density at radius 1 is 1.00 bits per heavy atom. The number of pyridine rings is 1. The molecule has 1 aromatic heterocycles. The van der Waals surface area contributed by atoms with Crippen molar-refractivity contribution in [3.05, 3.63) is 48.2 Å². The van der Waals surface area contributed by atoms with Crippen LogP contribution < -0.4 is 5.73 Å². The predicted octanol–water partition coefficient (Wildman–Crippen LogP) is 2.95. The Bertz CT molecular complexity index is 500. The van der Waals surface area contributed by atoms with Crippen LogP contribution in [0.1, 0.15) is 18.5 Å². The maximum atomic E-state index is 5.59. The summed E-state index contributed by atoms with van der Waals surface area (Å²) in [6, 6.07) is 12.8. The predicted molar refractivity (Wildman–Crippen MR) is 76.2 cm³/mol. The van der Waals surface area contributed by atoms with Crippen LogP contribution in [0.3, 0.4) is 0 Å². The van der Waals surface area contributed by atoms with Gasteiger partial charge >= 0.3 is 0 Å². The highest BCUT2D eigenvalue weighted by atomic mass is 15.1. The average Bonchev–Trinajstić information content (AvgIpc) is 2.39. The molecule has 2 aromatic rings. The van der Waals surface area contributed by atoms with Crippen LogP contribution in [-0.4, -0.2) is 24.0 Å². The number of hydrogen-bond donors (Lipinski definition) is 1. The van der Waals surface area contributed by atoms with Gasteiger partial charge in [-0.15, -0.1) is 0 Å². The van der Waals surface area contributed by atoms with Gasteiger partial charge in [-0.2, -0.15) is 0 Å².